The molecule has 0 saturated carbocycles. The Bertz CT molecular complexity index is 792. The van der Waals surface area contributed by atoms with Gasteiger partial charge >= 0.3 is 0 Å². The number of carbonyl (C=O) groups is 2. The van der Waals surface area contributed by atoms with Crippen LogP contribution in [0.3, 0.4) is 0 Å². The van der Waals surface area contributed by atoms with Crippen LogP contribution in [-0.4, -0.2) is 29.3 Å². The molecule has 0 spiro atoms. The van der Waals surface area contributed by atoms with Gasteiger partial charge in [0.2, 0.25) is 11.8 Å². The molecule has 0 saturated heterocycles. The van der Waals surface area contributed by atoms with Crippen molar-refractivity contribution in [2.24, 2.45) is 5.41 Å². The second-order valence-electron chi connectivity index (χ2n) is 8.44. The van der Waals surface area contributed by atoms with Crippen LogP contribution in [0.5, 0.6) is 0 Å². The van der Waals surface area contributed by atoms with Crippen molar-refractivity contribution in [1.29, 1.82) is 0 Å². The molecule has 0 aliphatic rings. The Labute approximate surface area is 162 Å². The molecule has 27 heavy (non-hydrogen) atoms. The number of nitrogens with one attached hydrogen (secondary N) is 1. The number of nitrogens with zero attached hydrogens (tertiary/aromatic N) is 1. The fourth-order valence-electron chi connectivity index (χ4n) is 3.08. The Morgan fingerprint density at radius 3 is 2.37 bits per heavy atom. The molecule has 2 rings (SSSR count). The summed E-state index contributed by atoms with van der Waals surface area (Å²) in [5.41, 5.74) is 0.727. The Kier molecular flexibility index (Phi) is 7.00. The van der Waals surface area contributed by atoms with Crippen LogP contribution in [0.25, 0.3) is 10.8 Å². The van der Waals surface area contributed by atoms with Gasteiger partial charge in [-0.05, 0) is 41.7 Å². The number of anilines is 1. The van der Waals surface area contributed by atoms with E-state index < -0.39 is 0 Å². The van der Waals surface area contributed by atoms with Gasteiger partial charge in [0, 0.05) is 31.1 Å². The second kappa shape index (κ2) is 9.03. The summed E-state index contributed by atoms with van der Waals surface area (Å²) >= 11 is 0. The van der Waals surface area contributed by atoms with Crippen LogP contribution in [-0.2, 0) is 9.59 Å². The SMILES string of the molecule is CCC(C)N(CCC(=O)Nc1ccc2ccccc2c1)C(=O)CC(C)(C)C. The van der Waals surface area contributed by atoms with Crippen molar-refractivity contribution >= 4 is 28.3 Å². The zero-order chi connectivity index (χ0) is 20.0. The quantitative estimate of drug-likeness (QED) is 0.727. The normalized spacial score (nSPS) is 12.6. The van der Waals surface area contributed by atoms with Crippen molar-refractivity contribution in [2.75, 3.05) is 11.9 Å². The highest BCUT2D eigenvalue weighted by Gasteiger charge is 2.24. The number of carbonyl (C=O) groups excluding carboxylic acids is 2. The van der Waals surface area contributed by atoms with E-state index in [4.69, 9.17) is 0 Å². The molecular formula is C23H32N2O2. The monoisotopic (exact) mass is 368 g/mol. The largest absolute Gasteiger partial charge is 0.339 e. The summed E-state index contributed by atoms with van der Waals surface area (Å²) in [5.74, 6) is 0.0532. The van der Waals surface area contributed by atoms with Crippen LogP contribution in [0.1, 0.15) is 53.9 Å². The van der Waals surface area contributed by atoms with Crippen molar-refractivity contribution < 1.29 is 9.59 Å². The van der Waals surface area contributed by atoms with Gasteiger partial charge in [-0.3, -0.25) is 9.59 Å². The zero-order valence-electron chi connectivity index (χ0n) is 17.2. The third-order valence-electron chi connectivity index (χ3n) is 4.74. The molecule has 146 valence electrons. The van der Waals surface area contributed by atoms with Crippen LogP contribution in [0.15, 0.2) is 42.5 Å². The van der Waals surface area contributed by atoms with Gasteiger partial charge in [-0.15, -0.1) is 0 Å². The first-order chi connectivity index (χ1) is 12.7. The predicted octanol–water partition coefficient (Wildman–Crippen LogP) is 5.23. The highest BCUT2D eigenvalue weighted by Crippen LogP contribution is 2.22. The Hall–Kier alpha value is -2.36. The van der Waals surface area contributed by atoms with Crippen molar-refractivity contribution in [3.05, 3.63) is 42.5 Å². The van der Waals surface area contributed by atoms with Gasteiger partial charge in [0.05, 0.1) is 0 Å². The minimum atomic E-state index is -0.0675. The molecule has 0 heterocycles. The van der Waals surface area contributed by atoms with Crippen molar-refractivity contribution in [3.8, 4) is 0 Å². The minimum absolute atomic E-state index is 0.0594. The molecule has 2 aromatic rings. The van der Waals surface area contributed by atoms with Gasteiger partial charge in [0.1, 0.15) is 0 Å². The summed E-state index contributed by atoms with van der Waals surface area (Å²) < 4.78 is 0. The van der Waals surface area contributed by atoms with E-state index in [-0.39, 0.29) is 23.3 Å². The Morgan fingerprint density at radius 2 is 1.74 bits per heavy atom. The number of rotatable bonds is 7. The van der Waals surface area contributed by atoms with Gasteiger partial charge in [0.15, 0.2) is 0 Å². The van der Waals surface area contributed by atoms with Crippen LogP contribution < -0.4 is 5.32 Å². The molecule has 0 radical (unpaired) electrons. The van der Waals surface area contributed by atoms with Crippen LogP contribution in [0, 0.1) is 5.41 Å². The smallest absolute Gasteiger partial charge is 0.226 e. The lowest BCUT2D eigenvalue weighted by Crippen LogP contribution is -2.41. The van der Waals surface area contributed by atoms with Gasteiger partial charge in [0.25, 0.3) is 0 Å². The topological polar surface area (TPSA) is 49.4 Å². The molecule has 4 heteroatoms. The van der Waals surface area contributed by atoms with E-state index in [1.807, 2.05) is 54.3 Å². The Balaban J connectivity index is 1.98. The number of fused-ring (bicyclic) bond motifs is 1. The summed E-state index contributed by atoms with van der Waals surface area (Å²) in [6.07, 6.45) is 1.67. The molecule has 0 fully saturated rings. The average molecular weight is 369 g/mol. The van der Waals surface area contributed by atoms with Crippen molar-refractivity contribution in [3.63, 3.8) is 0 Å². The van der Waals surface area contributed by atoms with E-state index in [2.05, 4.69) is 33.0 Å². The molecule has 1 unspecified atom stereocenters. The fourth-order valence-corrected chi connectivity index (χ4v) is 3.08. The van der Waals surface area contributed by atoms with Crippen LogP contribution in [0.4, 0.5) is 5.69 Å². The maximum absolute atomic E-state index is 12.7. The molecule has 0 bridgehead atoms. The number of hydrogen-bond donors (Lipinski definition) is 1. The van der Waals surface area contributed by atoms with Gasteiger partial charge < -0.3 is 10.2 Å². The lowest BCUT2D eigenvalue weighted by molar-refractivity contribution is -0.135. The summed E-state index contributed by atoms with van der Waals surface area (Å²) in [4.78, 5) is 26.9. The molecule has 4 nitrogen and oxygen atoms in total. The Morgan fingerprint density at radius 1 is 1.07 bits per heavy atom. The number of benzene rings is 2. The van der Waals surface area contributed by atoms with Crippen LogP contribution >= 0.6 is 0 Å². The van der Waals surface area contributed by atoms with E-state index in [0.717, 1.165) is 22.9 Å². The minimum Gasteiger partial charge on any atom is -0.339 e. The zero-order valence-corrected chi connectivity index (χ0v) is 17.2. The second-order valence-corrected chi connectivity index (χ2v) is 8.44. The first-order valence-corrected chi connectivity index (χ1v) is 9.78. The van der Waals surface area contributed by atoms with E-state index >= 15 is 0 Å². The molecule has 2 amide bonds. The average Bonchev–Trinajstić information content (AvgIpc) is 2.60. The lowest BCUT2D eigenvalue weighted by Gasteiger charge is -2.31. The summed E-state index contributed by atoms with van der Waals surface area (Å²) in [5, 5.41) is 5.20. The molecule has 1 N–H and O–H groups in total. The highest BCUT2D eigenvalue weighted by atomic mass is 16.2. The van der Waals surface area contributed by atoms with E-state index in [9.17, 15) is 9.59 Å². The van der Waals surface area contributed by atoms with Gasteiger partial charge in [-0.25, -0.2) is 0 Å². The van der Waals surface area contributed by atoms with Crippen molar-refractivity contribution in [2.45, 2.75) is 59.9 Å². The lowest BCUT2D eigenvalue weighted by atomic mass is 9.91. The molecule has 0 aliphatic carbocycles. The van der Waals surface area contributed by atoms with E-state index in [0.29, 0.717) is 19.4 Å². The molecule has 0 aliphatic heterocycles. The first kappa shape index (κ1) is 20.9. The maximum Gasteiger partial charge on any atom is 0.226 e. The fraction of sp³-hybridized carbons (Fsp3) is 0.478. The highest BCUT2D eigenvalue weighted by molar-refractivity contribution is 5.94. The molecular weight excluding hydrogens is 336 g/mol. The van der Waals surface area contributed by atoms with E-state index in [1.165, 1.54) is 0 Å². The van der Waals surface area contributed by atoms with Gasteiger partial charge in [-0.2, -0.15) is 0 Å². The summed E-state index contributed by atoms with van der Waals surface area (Å²) in [7, 11) is 0. The summed E-state index contributed by atoms with van der Waals surface area (Å²) in [6.45, 7) is 10.7. The number of amides is 2. The van der Waals surface area contributed by atoms with E-state index in [1.54, 1.807) is 0 Å². The molecule has 0 aromatic heterocycles. The third-order valence-corrected chi connectivity index (χ3v) is 4.74. The van der Waals surface area contributed by atoms with Crippen LogP contribution in [0.2, 0.25) is 0 Å². The summed E-state index contributed by atoms with van der Waals surface area (Å²) in [6, 6.07) is 14.1. The molecule has 2 aromatic carbocycles. The molecule has 1 atom stereocenters. The predicted molar refractivity (Wildman–Crippen MR) is 113 cm³/mol. The van der Waals surface area contributed by atoms with Gasteiger partial charge in [-0.1, -0.05) is 58.0 Å². The maximum atomic E-state index is 12.7. The van der Waals surface area contributed by atoms with Crippen molar-refractivity contribution in [1.82, 2.24) is 4.90 Å². The standard InChI is InChI=1S/C23H32N2O2/c1-6-17(2)25(22(27)16-23(3,4)5)14-13-21(26)24-20-12-11-18-9-7-8-10-19(18)15-20/h7-12,15,17H,6,13-14,16H2,1-5H3,(H,24,26). The third kappa shape index (κ3) is 6.38. The number of hydrogen-bond acceptors (Lipinski definition) is 2. The first-order valence-electron chi connectivity index (χ1n) is 9.78.